The zero-order valence-electron chi connectivity index (χ0n) is 18.8. The van der Waals surface area contributed by atoms with Crippen LogP contribution in [0.25, 0.3) is 0 Å². The van der Waals surface area contributed by atoms with Gasteiger partial charge in [0, 0.05) is 11.1 Å². The Hall–Kier alpha value is -3.12. The fourth-order valence-electron chi connectivity index (χ4n) is 3.64. The van der Waals surface area contributed by atoms with Crippen molar-refractivity contribution in [3.05, 3.63) is 75.2 Å². The number of hydrogen-bond acceptors (Lipinski definition) is 6. The largest absolute Gasteiger partial charge is 0.462 e. The number of rotatable bonds is 7. The van der Waals surface area contributed by atoms with Crippen LogP contribution in [0.4, 0.5) is 5.00 Å². The number of esters is 1. The second-order valence-electron chi connectivity index (χ2n) is 7.98. The van der Waals surface area contributed by atoms with Gasteiger partial charge in [-0.15, -0.1) is 11.3 Å². The van der Waals surface area contributed by atoms with Crippen LogP contribution in [0.1, 0.15) is 64.2 Å². The van der Waals surface area contributed by atoms with Gasteiger partial charge in [-0.2, -0.15) is 0 Å². The summed E-state index contributed by atoms with van der Waals surface area (Å²) >= 11 is 1.51. The molecule has 2 aromatic carbocycles. The Morgan fingerprint density at radius 1 is 1.16 bits per heavy atom. The van der Waals surface area contributed by atoms with Crippen LogP contribution < -0.4 is 9.47 Å². The second-order valence-corrected chi connectivity index (χ2v) is 9.18. The lowest BCUT2D eigenvalue weighted by Crippen LogP contribution is -2.07. The highest BCUT2D eigenvalue weighted by molar-refractivity contribution is 7.16. The minimum Gasteiger partial charge on any atom is -0.462 e. The molecule has 0 saturated carbocycles. The van der Waals surface area contributed by atoms with Crippen LogP contribution in [-0.2, 0) is 11.2 Å². The Morgan fingerprint density at radius 2 is 1.91 bits per heavy atom. The van der Waals surface area contributed by atoms with Crippen LogP contribution in [0.3, 0.4) is 0 Å². The van der Waals surface area contributed by atoms with Gasteiger partial charge in [-0.1, -0.05) is 44.2 Å². The quantitative estimate of drug-likeness (QED) is 0.308. The predicted molar refractivity (Wildman–Crippen MR) is 128 cm³/mol. The molecule has 6 heteroatoms. The van der Waals surface area contributed by atoms with Crippen LogP contribution in [0, 0.1) is 6.92 Å². The molecule has 4 rings (SSSR count). The van der Waals surface area contributed by atoms with E-state index >= 15 is 0 Å². The van der Waals surface area contributed by atoms with E-state index in [-0.39, 0.29) is 12.8 Å². The number of benzene rings is 2. The zero-order valence-corrected chi connectivity index (χ0v) is 19.6. The highest BCUT2D eigenvalue weighted by Crippen LogP contribution is 2.39. The molecule has 32 heavy (non-hydrogen) atoms. The summed E-state index contributed by atoms with van der Waals surface area (Å²) in [7, 11) is 0. The molecule has 2 heterocycles. The van der Waals surface area contributed by atoms with E-state index in [4.69, 9.17) is 14.2 Å². The van der Waals surface area contributed by atoms with Crippen molar-refractivity contribution in [1.82, 2.24) is 0 Å². The summed E-state index contributed by atoms with van der Waals surface area (Å²) in [6.07, 6.45) is 2.40. The normalized spacial score (nSPS) is 12.7. The highest BCUT2D eigenvalue weighted by Gasteiger charge is 2.24. The third-order valence-electron chi connectivity index (χ3n) is 5.42. The number of thiophene rings is 1. The molecule has 1 aliphatic heterocycles. The molecule has 0 aliphatic carbocycles. The van der Waals surface area contributed by atoms with Crippen molar-refractivity contribution in [2.75, 3.05) is 13.4 Å². The molecule has 5 nitrogen and oxygen atoms in total. The maximum absolute atomic E-state index is 12.9. The number of hydrogen-bond donors (Lipinski definition) is 0. The lowest BCUT2D eigenvalue weighted by atomic mass is 10.0. The Kier molecular flexibility index (Phi) is 6.61. The standard InChI is InChI=1S/C26H27NO4S/c1-5-29-26(28)24-21(12-19-8-11-22-23(13-19)31-15-30-22)17(4)32-25(24)27-14-18-6-9-20(10-7-18)16(2)3/h6-11,13-14,16H,5,12,15H2,1-4H3. The first-order valence-corrected chi connectivity index (χ1v) is 11.6. The molecule has 0 unspecified atom stereocenters. The Labute approximate surface area is 192 Å². The first-order valence-electron chi connectivity index (χ1n) is 10.8. The average Bonchev–Trinajstić information content (AvgIpc) is 3.36. The van der Waals surface area contributed by atoms with E-state index in [1.807, 2.05) is 38.3 Å². The molecule has 166 valence electrons. The van der Waals surface area contributed by atoms with Gasteiger partial charge >= 0.3 is 5.97 Å². The molecular weight excluding hydrogens is 422 g/mol. The number of aliphatic imine (C=N–C) groups is 1. The minimum atomic E-state index is -0.338. The summed E-state index contributed by atoms with van der Waals surface area (Å²) in [6, 6.07) is 14.2. The van der Waals surface area contributed by atoms with Gasteiger partial charge in [-0.25, -0.2) is 9.79 Å². The van der Waals surface area contributed by atoms with Crippen molar-refractivity contribution >= 4 is 28.5 Å². The number of aryl methyl sites for hydroxylation is 1. The number of fused-ring (bicyclic) bond motifs is 1. The third kappa shape index (κ3) is 4.70. The molecule has 0 atom stereocenters. The molecule has 0 N–H and O–H groups in total. The minimum absolute atomic E-state index is 0.237. The van der Waals surface area contributed by atoms with Gasteiger partial charge in [-0.05, 0) is 60.6 Å². The fraction of sp³-hybridized carbons (Fsp3) is 0.308. The van der Waals surface area contributed by atoms with Crippen molar-refractivity contribution in [1.29, 1.82) is 0 Å². The number of carbonyl (C=O) groups excluding carboxylic acids is 1. The Balaban J connectivity index is 1.66. The summed E-state index contributed by atoms with van der Waals surface area (Å²) in [6.45, 7) is 8.73. The summed E-state index contributed by atoms with van der Waals surface area (Å²) in [5.41, 5.74) is 4.80. The third-order valence-corrected chi connectivity index (χ3v) is 6.48. The summed E-state index contributed by atoms with van der Waals surface area (Å²) in [4.78, 5) is 18.6. The summed E-state index contributed by atoms with van der Waals surface area (Å²) < 4.78 is 16.3. The van der Waals surface area contributed by atoms with Crippen molar-refractivity contribution in [2.24, 2.45) is 4.99 Å². The second kappa shape index (κ2) is 9.57. The van der Waals surface area contributed by atoms with Crippen LogP contribution in [0.5, 0.6) is 11.5 Å². The van der Waals surface area contributed by atoms with E-state index in [0.717, 1.165) is 33.1 Å². The molecule has 1 aromatic heterocycles. The van der Waals surface area contributed by atoms with Gasteiger partial charge < -0.3 is 14.2 Å². The van der Waals surface area contributed by atoms with Crippen LogP contribution in [0.15, 0.2) is 47.5 Å². The molecule has 0 bridgehead atoms. The molecular formula is C26H27NO4S. The van der Waals surface area contributed by atoms with Gasteiger partial charge in [-0.3, -0.25) is 0 Å². The van der Waals surface area contributed by atoms with Gasteiger partial charge in [0.25, 0.3) is 0 Å². The smallest absolute Gasteiger partial charge is 0.341 e. The zero-order chi connectivity index (χ0) is 22.7. The first kappa shape index (κ1) is 22.1. The highest BCUT2D eigenvalue weighted by atomic mass is 32.1. The maximum atomic E-state index is 12.9. The summed E-state index contributed by atoms with van der Waals surface area (Å²) in [5, 5.41) is 0.671. The molecule has 3 aromatic rings. The molecule has 0 amide bonds. The van der Waals surface area contributed by atoms with E-state index in [1.165, 1.54) is 16.9 Å². The lowest BCUT2D eigenvalue weighted by Gasteiger charge is -2.08. The lowest BCUT2D eigenvalue weighted by molar-refractivity contribution is 0.0527. The number of carbonyl (C=O) groups is 1. The predicted octanol–water partition coefficient (Wildman–Crippen LogP) is 6.43. The van der Waals surface area contributed by atoms with Gasteiger partial charge in [0.1, 0.15) is 10.6 Å². The maximum Gasteiger partial charge on any atom is 0.341 e. The van der Waals surface area contributed by atoms with Crippen LogP contribution in [-0.4, -0.2) is 25.6 Å². The average molecular weight is 450 g/mol. The Morgan fingerprint density at radius 3 is 2.62 bits per heavy atom. The molecule has 0 spiro atoms. The van der Waals surface area contributed by atoms with E-state index in [1.54, 1.807) is 0 Å². The van der Waals surface area contributed by atoms with Gasteiger partial charge in [0.15, 0.2) is 11.5 Å². The molecule has 0 saturated heterocycles. The van der Waals surface area contributed by atoms with E-state index < -0.39 is 0 Å². The van der Waals surface area contributed by atoms with E-state index in [9.17, 15) is 4.79 Å². The number of ether oxygens (including phenoxy) is 3. The molecule has 1 aliphatic rings. The van der Waals surface area contributed by atoms with E-state index in [0.29, 0.717) is 29.5 Å². The van der Waals surface area contributed by atoms with Crippen molar-refractivity contribution in [3.63, 3.8) is 0 Å². The van der Waals surface area contributed by atoms with Crippen LogP contribution in [0.2, 0.25) is 0 Å². The topological polar surface area (TPSA) is 57.1 Å². The van der Waals surface area contributed by atoms with Crippen molar-refractivity contribution in [2.45, 2.75) is 40.0 Å². The molecule has 0 fully saturated rings. The first-order chi connectivity index (χ1) is 15.5. The fourth-order valence-corrected chi connectivity index (χ4v) is 4.64. The van der Waals surface area contributed by atoms with Gasteiger partial charge in [0.05, 0.1) is 6.61 Å². The van der Waals surface area contributed by atoms with E-state index in [2.05, 4.69) is 43.1 Å². The molecule has 0 radical (unpaired) electrons. The summed E-state index contributed by atoms with van der Waals surface area (Å²) in [5.74, 6) is 1.62. The SMILES string of the molecule is CCOC(=O)c1c(N=Cc2ccc(C(C)C)cc2)sc(C)c1Cc1ccc2c(c1)OCO2. The number of nitrogens with zero attached hydrogens (tertiary/aromatic N) is 1. The van der Waals surface area contributed by atoms with Crippen LogP contribution >= 0.6 is 11.3 Å². The van der Waals surface area contributed by atoms with Crippen molar-refractivity contribution in [3.8, 4) is 11.5 Å². The Bertz CT molecular complexity index is 1150. The monoisotopic (exact) mass is 449 g/mol. The van der Waals surface area contributed by atoms with Crippen molar-refractivity contribution < 1.29 is 19.0 Å². The van der Waals surface area contributed by atoms with Gasteiger partial charge in [0.2, 0.25) is 6.79 Å².